The van der Waals surface area contributed by atoms with E-state index in [0.717, 1.165) is 5.56 Å². The molecule has 2 aromatic rings. The van der Waals surface area contributed by atoms with E-state index in [1.807, 2.05) is 6.07 Å². The molecule has 0 heterocycles. The van der Waals surface area contributed by atoms with Gasteiger partial charge >= 0.3 is 0 Å². The molecule has 0 aliphatic heterocycles. The highest BCUT2D eigenvalue weighted by atomic mass is 32.2. The highest BCUT2D eigenvalue weighted by molar-refractivity contribution is 7.93. The molecular weight excluding hydrogens is 300 g/mol. The van der Waals surface area contributed by atoms with E-state index in [2.05, 4.69) is 0 Å². The quantitative estimate of drug-likeness (QED) is 0.481. The number of hydrogen-bond donors (Lipinski definition) is 0. The first-order valence-corrected chi connectivity index (χ1v) is 7.75. The third kappa shape index (κ3) is 4.45. The van der Waals surface area contributed by atoms with Gasteiger partial charge in [-0.05, 0) is 34.9 Å². The van der Waals surface area contributed by atoms with Crippen LogP contribution in [-0.2, 0) is 16.9 Å². The lowest BCUT2D eigenvalue weighted by Crippen LogP contribution is -2.00. The molecule has 22 heavy (non-hydrogen) atoms. The smallest absolute Gasteiger partial charge is 0.270 e. The van der Waals surface area contributed by atoms with Crippen LogP contribution in [0.2, 0.25) is 0 Å². The van der Waals surface area contributed by atoms with Crippen molar-refractivity contribution in [2.75, 3.05) is 0 Å². The van der Waals surface area contributed by atoms with Crippen LogP contribution in [0.25, 0.3) is 6.08 Å². The average molecular weight is 312 g/mol. The van der Waals surface area contributed by atoms with E-state index in [4.69, 9.17) is 5.26 Å². The van der Waals surface area contributed by atoms with Crippen LogP contribution in [0.3, 0.4) is 0 Å². The van der Waals surface area contributed by atoms with Gasteiger partial charge in [-0.15, -0.1) is 0 Å². The van der Waals surface area contributed by atoms with E-state index >= 15 is 0 Å². The number of nitro benzene ring substituents is 1. The van der Waals surface area contributed by atoms with E-state index in [-0.39, 0.29) is 5.69 Å². The van der Waals surface area contributed by atoms with Gasteiger partial charge in [0.05, 0.1) is 16.6 Å². The minimum Gasteiger partial charge on any atom is -0.612 e. The zero-order valence-corrected chi connectivity index (χ0v) is 12.3. The molecule has 0 N–H and O–H groups in total. The van der Waals surface area contributed by atoms with Crippen LogP contribution in [0.1, 0.15) is 16.7 Å². The predicted octanol–water partition coefficient (Wildman–Crippen LogP) is 3.39. The molecule has 0 spiro atoms. The van der Waals surface area contributed by atoms with Crippen molar-refractivity contribution in [3.05, 3.63) is 80.7 Å². The topological polar surface area (TPSA) is 90.0 Å². The number of non-ortho nitro benzene ring substituents is 1. The number of hydrogen-bond acceptors (Lipinski definition) is 4. The monoisotopic (exact) mass is 312 g/mol. The fourth-order valence-corrected chi connectivity index (χ4v) is 2.71. The van der Waals surface area contributed by atoms with Gasteiger partial charge in [0, 0.05) is 17.7 Å². The molecule has 0 saturated carbocycles. The second kappa shape index (κ2) is 7.41. The van der Waals surface area contributed by atoms with Crippen molar-refractivity contribution < 1.29 is 9.48 Å². The summed E-state index contributed by atoms with van der Waals surface area (Å²) in [5.74, 6) is 0.330. The van der Waals surface area contributed by atoms with Crippen LogP contribution >= 0.6 is 0 Å². The van der Waals surface area contributed by atoms with Gasteiger partial charge in [0.2, 0.25) is 0 Å². The van der Waals surface area contributed by atoms with Crippen LogP contribution in [0.15, 0.2) is 53.9 Å². The van der Waals surface area contributed by atoms with E-state index in [0.29, 0.717) is 16.9 Å². The highest BCUT2D eigenvalue weighted by Crippen LogP contribution is 2.16. The molecule has 0 aliphatic rings. The van der Waals surface area contributed by atoms with E-state index in [9.17, 15) is 14.7 Å². The maximum atomic E-state index is 12.0. The van der Waals surface area contributed by atoms with Gasteiger partial charge in [0.25, 0.3) is 5.69 Å². The maximum Gasteiger partial charge on any atom is 0.270 e. The van der Waals surface area contributed by atoms with E-state index in [1.54, 1.807) is 42.5 Å². The fourth-order valence-electron chi connectivity index (χ4n) is 1.78. The molecule has 1 unspecified atom stereocenters. The third-order valence-corrected chi connectivity index (χ3v) is 3.94. The van der Waals surface area contributed by atoms with Crippen LogP contribution < -0.4 is 0 Å². The first-order chi connectivity index (χ1) is 10.6. The Hall–Kier alpha value is -2.62. The SMILES string of the molecule is N#Cc1ccc(C[S+]([O-])/C=C/c2cccc([N+](=O)[O-])c2)cc1. The van der Waals surface area contributed by atoms with E-state index in [1.165, 1.54) is 17.5 Å². The molecule has 0 fully saturated rings. The van der Waals surface area contributed by atoms with Crippen LogP contribution in [0.4, 0.5) is 5.69 Å². The molecule has 0 aliphatic carbocycles. The van der Waals surface area contributed by atoms with Crippen molar-refractivity contribution in [2.24, 2.45) is 0 Å². The Morgan fingerprint density at radius 2 is 1.95 bits per heavy atom. The lowest BCUT2D eigenvalue weighted by atomic mass is 10.2. The average Bonchev–Trinajstić information content (AvgIpc) is 2.54. The second-order valence-electron chi connectivity index (χ2n) is 4.49. The Balaban J connectivity index is 2.01. The molecule has 1 atom stereocenters. The molecule has 0 amide bonds. The van der Waals surface area contributed by atoms with Crippen molar-refractivity contribution in [1.82, 2.24) is 0 Å². The largest absolute Gasteiger partial charge is 0.612 e. The van der Waals surface area contributed by atoms with Gasteiger partial charge in [0.1, 0.15) is 11.2 Å². The fraction of sp³-hybridized carbons (Fsp3) is 0.0625. The minimum atomic E-state index is -1.23. The predicted molar refractivity (Wildman–Crippen MR) is 85.1 cm³/mol. The summed E-state index contributed by atoms with van der Waals surface area (Å²) in [6.45, 7) is 0. The molecular formula is C16H12N2O3S. The third-order valence-electron chi connectivity index (χ3n) is 2.89. The molecule has 0 aromatic heterocycles. The van der Waals surface area contributed by atoms with Crippen LogP contribution in [0.5, 0.6) is 0 Å². The van der Waals surface area contributed by atoms with Crippen LogP contribution in [0, 0.1) is 21.4 Å². The molecule has 0 radical (unpaired) electrons. The summed E-state index contributed by atoms with van der Waals surface area (Å²) in [5, 5.41) is 20.9. The molecule has 110 valence electrons. The Morgan fingerprint density at radius 1 is 1.23 bits per heavy atom. The first-order valence-electron chi connectivity index (χ1n) is 6.37. The van der Waals surface area contributed by atoms with Crippen molar-refractivity contribution in [2.45, 2.75) is 5.75 Å². The Kier molecular flexibility index (Phi) is 5.31. The summed E-state index contributed by atoms with van der Waals surface area (Å²) in [5.41, 5.74) is 2.05. The number of benzene rings is 2. The van der Waals surface area contributed by atoms with Crippen molar-refractivity contribution in [1.29, 1.82) is 5.26 Å². The summed E-state index contributed by atoms with van der Waals surface area (Å²) in [4.78, 5) is 10.2. The summed E-state index contributed by atoms with van der Waals surface area (Å²) < 4.78 is 12.0. The Labute approximate surface area is 130 Å². The van der Waals surface area contributed by atoms with Gasteiger partial charge < -0.3 is 4.55 Å². The molecule has 2 rings (SSSR count). The number of nitro groups is 1. The highest BCUT2D eigenvalue weighted by Gasteiger charge is 2.06. The number of nitriles is 1. The summed E-state index contributed by atoms with van der Waals surface area (Å²) in [6.07, 6.45) is 1.60. The molecule has 0 bridgehead atoms. The summed E-state index contributed by atoms with van der Waals surface area (Å²) in [6, 6.07) is 15.0. The normalized spacial score (nSPS) is 12.0. The maximum absolute atomic E-state index is 12.0. The standard InChI is InChI=1S/C16H12N2O3S/c17-11-14-4-6-15(7-5-14)12-22(21)9-8-13-2-1-3-16(10-13)18(19)20/h1-10H,12H2/b9-8+. The second-order valence-corrected chi connectivity index (χ2v) is 5.81. The van der Waals surface area contributed by atoms with Crippen molar-refractivity contribution in [3.63, 3.8) is 0 Å². The molecule has 6 heteroatoms. The molecule has 0 saturated heterocycles. The lowest BCUT2D eigenvalue weighted by molar-refractivity contribution is -0.384. The van der Waals surface area contributed by atoms with Gasteiger partial charge in [-0.1, -0.05) is 24.3 Å². The minimum absolute atomic E-state index is 0.0000228. The summed E-state index contributed by atoms with van der Waals surface area (Å²) in [7, 11) is 0. The summed E-state index contributed by atoms with van der Waals surface area (Å²) >= 11 is -1.23. The molecule has 2 aromatic carbocycles. The van der Waals surface area contributed by atoms with Crippen molar-refractivity contribution in [3.8, 4) is 6.07 Å². The Bertz CT molecular complexity index is 736. The van der Waals surface area contributed by atoms with E-state index < -0.39 is 16.1 Å². The zero-order valence-electron chi connectivity index (χ0n) is 11.5. The zero-order chi connectivity index (χ0) is 15.9. The van der Waals surface area contributed by atoms with Gasteiger partial charge in [-0.2, -0.15) is 5.26 Å². The van der Waals surface area contributed by atoms with Gasteiger partial charge in [0.15, 0.2) is 0 Å². The van der Waals surface area contributed by atoms with Gasteiger partial charge in [-0.25, -0.2) is 0 Å². The van der Waals surface area contributed by atoms with Crippen molar-refractivity contribution >= 4 is 22.9 Å². The van der Waals surface area contributed by atoms with Crippen LogP contribution in [-0.4, -0.2) is 9.48 Å². The first kappa shape index (κ1) is 15.8. The number of nitrogens with zero attached hydrogens (tertiary/aromatic N) is 2. The van der Waals surface area contributed by atoms with Gasteiger partial charge in [-0.3, -0.25) is 10.1 Å². The Morgan fingerprint density at radius 3 is 2.59 bits per heavy atom. The molecule has 5 nitrogen and oxygen atoms in total. The lowest BCUT2D eigenvalue weighted by Gasteiger charge is -2.05. The number of rotatable bonds is 5.